The highest BCUT2D eigenvalue weighted by molar-refractivity contribution is 7.37. The van der Waals surface area contributed by atoms with Gasteiger partial charge in [0.25, 0.3) is 0 Å². The van der Waals surface area contributed by atoms with E-state index in [0.29, 0.717) is 5.69 Å². The second-order valence-electron chi connectivity index (χ2n) is 2.16. The zero-order valence-corrected chi connectivity index (χ0v) is 6.95. The molecule has 0 spiro atoms. The van der Waals surface area contributed by atoms with Crippen LogP contribution < -0.4 is 0 Å². The summed E-state index contributed by atoms with van der Waals surface area (Å²) in [6, 6.07) is 0. The Kier molecular flexibility index (Phi) is 2.63. The summed E-state index contributed by atoms with van der Waals surface area (Å²) in [7, 11) is -2.14. The van der Waals surface area contributed by atoms with Crippen LogP contribution in [0.5, 0.6) is 0 Å². The van der Waals surface area contributed by atoms with Gasteiger partial charge in [0, 0.05) is 6.20 Å². The van der Waals surface area contributed by atoms with E-state index in [1.54, 1.807) is 6.20 Å². The second-order valence-corrected chi connectivity index (χ2v) is 3.18. The predicted molar refractivity (Wildman–Crippen MR) is 40.3 cm³/mol. The van der Waals surface area contributed by atoms with Crippen LogP contribution in [-0.4, -0.2) is 14.9 Å². The molecule has 0 radical (unpaired) electrons. The Morgan fingerprint density at radius 2 is 2.27 bits per heavy atom. The van der Waals surface area contributed by atoms with Crippen LogP contribution in [0.2, 0.25) is 0 Å². The third-order valence-electron chi connectivity index (χ3n) is 1.13. The van der Waals surface area contributed by atoms with E-state index < -0.39 is 8.03 Å². The molecule has 1 rings (SSSR count). The molecule has 1 unspecified atom stereocenters. The maximum absolute atomic E-state index is 10.3. The van der Waals surface area contributed by atoms with Crippen molar-refractivity contribution in [1.82, 2.24) is 9.97 Å². The van der Waals surface area contributed by atoms with Gasteiger partial charge in [-0.05, 0) is 11.5 Å². The lowest BCUT2D eigenvalue weighted by Crippen LogP contribution is -1.89. The molecule has 0 bridgehead atoms. The zero-order valence-electron chi connectivity index (χ0n) is 6.06. The Bertz CT molecular complexity index is 260. The summed E-state index contributed by atoms with van der Waals surface area (Å²) in [4.78, 5) is 16.4. The van der Waals surface area contributed by atoms with Crippen molar-refractivity contribution in [3.8, 4) is 0 Å². The summed E-state index contributed by atoms with van der Waals surface area (Å²) in [5.74, 6) is 0. The lowest BCUT2D eigenvalue weighted by atomic mass is 10.4. The highest BCUT2D eigenvalue weighted by Crippen LogP contribution is 2.18. The summed E-state index contributed by atoms with van der Waals surface area (Å²) in [6.45, 7) is 1.82. The van der Waals surface area contributed by atoms with Crippen molar-refractivity contribution >= 4 is 8.03 Å². The van der Waals surface area contributed by atoms with Gasteiger partial charge in [-0.15, -0.1) is 0 Å². The maximum Gasteiger partial charge on any atom is 0.512 e. The van der Waals surface area contributed by atoms with Gasteiger partial charge in [-0.25, -0.2) is 0 Å². The van der Waals surface area contributed by atoms with Gasteiger partial charge in [0.15, 0.2) is 0 Å². The first-order chi connectivity index (χ1) is 5.18. The largest absolute Gasteiger partial charge is 0.512 e. The van der Waals surface area contributed by atoms with Crippen molar-refractivity contribution in [1.29, 1.82) is 0 Å². The van der Waals surface area contributed by atoms with Crippen LogP contribution in [0, 0.1) is 6.92 Å². The number of rotatable bonds is 2. The third kappa shape index (κ3) is 2.70. The average Bonchev–Trinajstić information content (AvgIpc) is 1.93. The molecule has 1 aromatic heterocycles. The van der Waals surface area contributed by atoms with E-state index >= 15 is 0 Å². The van der Waals surface area contributed by atoms with Crippen molar-refractivity contribution in [3.05, 3.63) is 23.8 Å². The van der Waals surface area contributed by atoms with E-state index in [2.05, 4.69) is 9.97 Å². The highest BCUT2D eigenvalue weighted by atomic mass is 31.1. The summed E-state index contributed by atoms with van der Waals surface area (Å²) < 4.78 is 10.3. The molecule has 11 heavy (non-hydrogen) atoms. The lowest BCUT2D eigenvalue weighted by Gasteiger charge is -1.90. The zero-order chi connectivity index (χ0) is 8.27. The number of hydrogen-bond acceptors (Lipinski definition) is 3. The summed E-state index contributed by atoms with van der Waals surface area (Å²) >= 11 is 0. The van der Waals surface area contributed by atoms with Crippen molar-refractivity contribution in [2.45, 2.75) is 13.1 Å². The van der Waals surface area contributed by atoms with Crippen LogP contribution in [0.3, 0.4) is 0 Å². The van der Waals surface area contributed by atoms with Crippen LogP contribution in [0.15, 0.2) is 12.4 Å². The van der Waals surface area contributed by atoms with Gasteiger partial charge in [0.05, 0.1) is 11.9 Å². The van der Waals surface area contributed by atoms with Crippen LogP contribution in [0.4, 0.5) is 0 Å². The molecule has 0 amide bonds. The van der Waals surface area contributed by atoms with Crippen LogP contribution >= 0.6 is 8.03 Å². The van der Waals surface area contributed by atoms with E-state index in [-0.39, 0.29) is 6.16 Å². The Balaban J connectivity index is 2.74. The van der Waals surface area contributed by atoms with Gasteiger partial charge in [-0.1, -0.05) is 0 Å². The Hall–Kier alpha value is -0.860. The molecule has 0 aromatic carbocycles. The molecule has 0 saturated carbocycles. The summed E-state index contributed by atoms with van der Waals surface area (Å²) in [6.07, 6.45) is 3.18. The van der Waals surface area contributed by atoms with Gasteiger partial charge in [-0.3, -0.25) is 9.97 Å². The Morgan fingerprint density at radius 3 is 2.73 bits per heavy atom. The monoisotopic (exact) mass is 171 g/mol. The summed E-state index contributed by atoms with van der Waals surface area (Å²) in [5, 5.41) is 0. The molecule has 0 aliphatic heterocycles. The lowest BCUT2D eigenvalue weighted by molar-refractivity contribution is 0.501. The number of nitrogens with zero attached hydrogens (tertiary/aromatic N) is 2. The van der Waals surface area contributed by atoms with Crippen LogP contribution in [0.25, 0.3) is 0 Å². The third-order valence-corrected chi connectivity index (χ3v) is 1.73. The maximum atomic E-state index is 10.3. The summed E-state index contributed by atoms with van der Waals surface area (Å²) in [5.41, 5.74) is 1.36. The van der Waals surface area contributed by atoms with Crippen molar-refractivity contribution in [2.24, 2.45) is 0 Å². The topological polar surface area (TPSA) is 63.1 Å². The first-order valence-electron chi connectivity index (χ1n) is 3.09. The predicted octanol–water partition coefficient (Wildman–Crippen LogP) is 1.02. The average molecular weight is 171 g/mol. The van der Waals surface area contributed by atoms with Gasteiger partial charge >= 0.3 is 8.03 Å². The highest BCUT2D eigenvalue weighted by Gasteiger charge is 2.12. The quantitative estimate of drug-likeness (QED) is 0.674. The van der Waals surface area contributed by atoms with Crippen LogP contribution in [0.1, 0.15) is 11.4 Å². The molecule has 0 saturated heterocycles. The van der Waals surface area contributed by atoms with E-state index in [1.807, 2.05) is 6.92 Å². The minimum atomic E-state index is -2.14. The number of hydrogen-bond donors (Lipinski definition) is 1. The molecule has 1 heterocycles. The minimum Gasteiger partial charge on any atom is -0.258 e. The molecular weight excluding hydrogens is 163 g/mol. The SMILES string of the molecule is Cc1cnc(C[P+](=O)O)cn1. The number of aromatic nitrogens is 2. The molecule has 5 heteroatoms. The first kappa shape index (κ1) is 8.24. The van der Waals surface area contributed by atoms with E-state index in [9.17, 15) is 4.57 Å². The normalized spacial score (nSPS) is 11.3. The van der Waals surface area contributed by atoms with Gasteiger partial charge in [0.2, 0.25) is 6.16 Å². The second kappa shape index (κ2) is 3.51. The fraction of sp³-hybridized carbons (Fsp3) is 0.333. The molecular formula is C6H8N2O2P+. The van der Waals surface area contributed by atoms with Crippen molar-refractivity contribution in [2.75, 3.05) is 0 Å². The van der Waals surface area contributed by atoms with Gasteiger partial charge < -0.3 is 0 Å². The molecule has 1 atom stereocenters. The van der Waals surface area contributed by atoms with Gasteiger partial charge in [-0.2, -0.15) is 4.89 Å². The smallest absolute Gasteiger partial charge is 0.258 e. The molecule has 0 fully saturated rings. The Labute approximate surface area is 65.2 Å². The fourth-order valence-electron chi connectivity index (χ4n) is 0.640. The molecule has 58 valence electrons. The van der Waals surface area contributed by atoms with Gasteiger partial charge in [0.1, 0.15) is 5.69 Å². The van der Waals surface area contributed by atoms with E-state index in [1.165, 1.54) is 6.20 Å². The molecule has 1 aromatic rings. The number of aryl methyl sites for hydroxylation is 1. The fourth-order valence-corrected chi connectivity index (χ4v) is 1.08. The molecule has 0 aliphatic carbocycles. The molecule has 1 N–H and O–H groups in total. The van der Waals surface area contributed by atoms with Crippen molar-refractivity contribution in [3.63, 3.8) is 0 Å². The molecule has 4 nitrogen and oxygen atoms in total. The van der Waals surface area contributed by atoms with E-state index in [0.717, 1.165) is 5.69 Å². The minimum absolute atomic E-state index is 0.0859. The van der Waals surface area contributed by atoms with Crippen LogP contribution in [-0.2, 0) is 10.7 Å². The standard InChI is InChI=1S/C6H7N2O2P/c1-5-2-8-6(3-7-5)4-11(9)10/h2-3H,4H2,1H3/p+1. The van der Waals surface area contributed by atoms with E-state index in [4.69, 9.17) is 4.89 Å². The first-order valence-corrected chi connectivity index (χ1v) is 4.49. The van der Waals surface area contributed by atoms with Crippen molar-refractivity contribution < 1.29 is 9.46 Å². The molecule has 0 aliphatic rings. The Morgan fingerprint density at radius 1 is 1.55 bits per heavy atom.